The highest BCUT2D eigenvalue weighted by Gasteiger charge is 2.12. The van der Waals surface area contributed by atoms with Crippen LogP contribution in [0.1, 0.15) is 11.3 Å². The lowest BCUT2D eigenvalue weighted by atomic mass is 10.1. The molecule has 0 fully saturated rings. The first kappa shape index (κ1) is 19.1. The molecule has 1 heterocycles. The molecule has 0 aliphatic carbocycles. The molecule has 0 saturated carbocycles. The summed E-state index contributed by atoms with van der Waals surface area (Å²) in [5, 5.41) is 4.00. The Balaban J connectivity index is 1.48. The van der Waals surface area contributed by atoms with E-state index < -0.39 is 10.0 Å². The Hall–Kier alpha value is -2.64. The monoisotopic (exact) mass is 386 g/mol. The van der Waals surface area contributed by atoms with Gasteiger partial charge in [-0.25, -0.2) is 13.1 Å². The largest absolute Gasteiger partial charge is 0.497 e. The fourth-order valence-electron chi connectivity index (χ4n) is 2.66. The Bertz CT molecular complexity index is 968. The maximum atomic E-state index is 12.2. The Morgan fingerprint density at radius 2 is 1.85 bits per heavy atom. The molecule has 3 aromatic rings. The number of methoxy groups -OCH3 is 1. The van der Waals surface area contributed by atoms with E-state index in [9.17, 15) is 8.42 Å². The third kappa shape index (κ3) is 5.67. The lowest BCUT2D eigenvalue weighted by molar-refractivity contribution is 0.414. The summed E-state index contributed by atoms with van der Waals surface area (Å²) in [5.74, 6) is 1.42. The number of nitrogens with one attached hydrogen (secondary N) is 1. The summed E-state index contributed by atoms with van der Waals surface area (Å²) in [7, 11) is -1.78. The molecule has 2 aromatic carbocycles. The molecule has 0 saturated heterocycles. The van der Waals surface area contributed by atoms with Gasteiger partial charge in [0.05, 0.1) is 18.6 Å². The van der Waals surface area contributed by atoms with Crippen LogP contribution in [0.4, 0.5) is 0 Å². The predicted octanol–water partition coefficient (Wildman–Crippen LogP) is 3.05. The van der Waals surface area contributed by atoms with Crippen LogP contribution in [0.15, 0.2) is 65.2 Å². The van der Waals surface area contributed by atoms with Gasteiger partial charge in [-0.3, -0.25) is 0 Å². The second-order valence-corrected chi connectivity index (χ2v) is 8.04. The predicted molar refractivity (Wildman–Crippen MR) is 104 cm³/mol. The molecule has 0 amide bonds. The van der Waals surface area contributed by atoms with Crippen LogP contribution < -0.4 is 9.46 Å². The number of aryl methyl sites for hydroxylation is 1. The Kier molecular flexibility index (Phi) is 6.26. The smallest absolute Gasteiger partial charge is 0.211 e. The lowest BCUT2D eigenvalue weighted by Gasteiger charge is -2.07. The fourth-order valence-corrected chi connectivity index (χ4v) is 3.72. The molecular formula is C20H22N2O4S. The number of benzene rings is 2. The minimum atomic E-state index is -3.36. The topological polar surface area (TPSA) is 81.4 Å². The van der Waals surface area contributed by atoms with Crippen molar-refractivity contribution in [1.29, 1.82) is 0 Å². The fraction of sp³-hybridized carbons (Fsp3) is 0.250. The van der Waals surface area contributed by atoms with E-state index in [0.29, 0.717) is 24.3 Å². The molecule has 3 rings (SSSR count). The van der Waals surface area contributed by atoms with Crippen molar-refractivity contribution in [2.75, 3.05) is 19.4 Å². The molecule has 1 aromatic heterocycles. The van der Waals surface area contributed by atoms with Crippen molar-refractivity contribution < 1.29 is 17.7 Å². The van der Waals surface area contributed by atoms with Gasteiger partial charge in [0, 0.05) is 24.6 Å². The van der Waals surface area contributed by atoms with Gasteiger partial charge in [-0.15, -0.1) is 0 Å². The maximum Gasteiger partial charge on any atom is 0.211 e. The van der Waals surface area contributed by atoms with Gasteiger partial charge >= 0.3 is 0 Å². The zero-order valence-electron chi connectivity index (χ0n) is 15.1. The van der Waals surface area contributed by atoms with Crippen molar-refractivity contribution in [2.45, 2.75) is 12.8 Å². The average molecular weight is 386 g/mol. The number of nitrogens with zero attached hydrogens (tertiary/aromatic N) is 1. The van der Waals surface area contributed by atoms with Gasteiger partial charge in [0.2, 0.25) is 10.0 Å². The second kappa shape index (κ2) is 8.83. The Labute approximate surface area is 159 Å². The first-order valence-corrected chi connectivity index (χ1v) is 10.3. The minimum absolute atomic E-state index is 0.0221. The number of hydrogen-bond acceptors (Lipinski definition) is 5. The molecule has 0 aliphatic heterocycles. The number of aromatic nitrogens is 1. The van der Waals surface area contributed by atoms with Gasteiger partial charge in [-0.05, 0) is 24.1 Å². The average Bonchev–Trinajstić information content (AvgIpc) is 3.16. The van der Waals surface area contributed by atoms with E-state index in [1.165, 1.54) is 0 Å². The highest BCUT2D eigenvalue weighted by molar-refractivity contribution is 7.89. The van der Waals surface area contributed by atoms with Crippen molar-refractivity contribution in [2.24, 2.45) is 0 Å². The molecular weight excluding hydrogens is 364 g/mol. The third-order valence-electron chi connectivity index (χ3n) is 4.11. The summed E-state index contributed by atoms with van der Waals surface area (Å²) < 4.78 is 37.5. The molecule has 0 atom stereocenters. The van der Waals surface area contributed by atoms with Crippen molar-refractivity contribution in [1.82, 2.24) is 9.88 Å². The van der Waals surface area contributed by atoms with Gasteiger partial charge < -0.3 is 9.26 Å². The molecule has 0 radical (unpaired) electrons. The van der Waals surface area contributed by atoms with Crippen molar-refractivity contribution in [3.8, 4) is 17.1 Å². The van der Waals surface area contributed by atoms with Gasteiger partial charge in [-0.1, -0.05) is 47.6 Å². The van der Waals surface area contributed by atoms with Gasteiger partial charge in [0.25, 0.3) is 0 Å². The molecule has 0 aliphatic rings. The number of ether oxygens (including phenoxy) is 1. The third-order valence-corrected chi connectivity index (χ3v) is 5.50. The SMILES string of the molecule is COc1cccc(CCS(=O)(=O)NCCc2cc(-c3ccccc3)on2)c1. The van der Waals surface area contributed by atoms with Crippen LogP contribution in [-0.2, 0) is 22.9 Å². The van der Waals surface area contributed by atoms with Crippen LogP contribution in [-0.4, -0.2) is 33.0 Å². The maximum absolute atomic E-state index is 12.2. The molecule has 0 bridgehead atoms. The van der Waals surface area contributed by atoms with Gasteiger partial charge in [0.15, 0.2) is 5.76 Å². The van der Waals surface area contributed by atoms with Gasteiger partial charge in [0.1, 0.15) is 5.75 Å². The van der Waals surface area contributed by atoms with E-state index in [2.05, 4.69) is 9.88 Å². The first-order chi connectivity index (χ1) is 13.1. The van der Waals surface area contributed by atoms with Crippen LogP contribution in [0.3, 0.4) is 0 Å². The minimum Gasteiger partial charge on any atom is -0.497 e. The zero-order chi connectivity index (χ0) is 19.1. The second-order valence-electron chi connectivity index (χ2n) is 6.11. The Morgan fingerprint density at radius 1 is 1.04 bits per heavy atom. The summed E-state index contributed by atoms with van der Waals surface area (Å²) in [6.45, 7) is 0.279. The summed E-state index contributed by atoms with van der Waals surface area (Å²) in [6, 6.07) is 18.9. The summed E-state index contributed by atoms with van der Waals surface area (Å²) in [4.78, 5) is 0. The van der Waals surface area contributed by atoms with Crippen LogP contribution in [0.25, 0.3) is 11.3 Å². The van der Waals surface area contributed by atoms with E-state index in [1.807, 2.05) is 60.7 Å². The molecule has 142 valence electrons. The van der Waals surface area contributed by atoms with Crippen LogP contribution in [0.2, 0.25) is 0 Å². The first-order valence-electron chi connectivity index (χ1n) is 8.67. The summed E-state index contributed by atoms with van der Waals surface area (Å²) >= 11 is 0. The number of rotatable bonds is 9. The highest BCUT2D eigenvalue weighted by Crippen LogP contribution is 2.19. The number of sulfonamides is 1. The Morgan fingerprint density at radius 3 is 2.63 bits per heavy atom. The van der Waals surface area contributed by atoms with Crippen molar-refractivity contribution >= 4 is 10.0 Å². The van der Waals surface area contributed by atoms with Crippen molar-refractivity contribution in [3.63, 3.8) is 0 Å². The van der Waals surface area contributed by atoms with Crippen LogP contribution in [0.5, 0.6) is 5.75 Å². The molecule has 1 N–H and O–H groups in total. The van der Waals surface area contributed by atoms with E-state index in [0.717, 1.165) is 16.9 Å². The highest BCUT2D eigenvalue weighted by atomic mass is 32.2. The molecule has 0 spiro atoms. The molecule has 27 heavy (non-hydrogen) atoms. The molecule has 0 unspecified atom stereocenters. The quantitative estimate of drug-likeness (QED) is 0.611. The van der Waals surface area contributed by atoms with Crippen LogP contribution in [0, 0.1) is 0 Å². The summed E-state index contributed by atoms with van der Waals surface area (Å²) in [6.07, 6.45) is 0.892. The van der Waals surface area contributed by atoms with E-state index in [-0.39, 0.29) is 12.3 Å². The standard InChI is InChI=1S/C20H22N2O4S/c1-25-19-9-5-6-16(14-19)11-13-27(23,24)21-12-10-18-15-20(26-22-18)17-7-3-2-4-8-17/h2-9,14-15,21H,10-13H2,1H3. The van der Waals surface area contributed by atoms with Gasteiger partial charge in [-0.2, -0.15) is 0 Å². The summed E-state index contributed by atoms with van der Waals surface area (Å²) in [5.41, 5.74) is 2.57. The lowest BCUT2D eigenvalue weighted by Crippen LogP contribution is -2.29. The van der Waals surface area contributed by atoms with E-state index >= 15 is 0 Å². The molecule has 6 nitrogen and oxygen atoms in total. The molecule has 7 heteroatoms. The van der Waals surface area contributed by atoms with E-state index in [1.54, 1.807) is 7.11 Å². The number of hydrogen-bond donors (Lipinski definition) is 1. The normalized spacial score (nSPS) is 11.4. The van der Waals surface area contributed by atoms with Crippen LogP contribution >= 0.6 is 0 Å². The van der Waals surface area contributed by atoms with E-state index in [4.69, 9.17) is 9.26 Å². The zero-order valence-corrected chi connectivity index (χ0v) is 15.9. The van der Waals surface area contributed by atoms with Crippen molar-refractivity contribution in [3.05, 3.63) is 71.9 Å².